The second-order valence-electron chi connectivity index (χ2n) is 5.63. The molecule has 4 nitrogen and oxygen atoms in total. The number of rotatable bonds is 11. The molecule has 0 aliphatic heterocycles. The first-order valence-electron chi connectivity index (χ1n) is 8.43. The van der Waals surface area contributed by atoms with Crippen LogP contribution in [0, 0.1) is 0 Å². The Morgan fingerprint density at radius 3 is 2.23 bits per heavy atom. The highest BCUT2D eigenvalue weighted by molar-refractivity contribution is 5.44. The molecular formula is C18H31NO3. The van der Waals surface area contributed by atoms with Crippen LogP contribution in [0.15, 0.2) is 18.2 Å². The fourth-order valence-electron chi connectivity index (χ4n) is 2.40. The summed E-state index contributed by atoms with van der Waals surface area (Å²) in [5.74, 6) is 1.88. The predicted octanol–water partition coefficient (Wildman–Crippen LogP) is 3.47. The number of nitrogens with two attached hydrogens (primary N) is 1. The summed E-state index contributed by atoms with van der Waals surface area (Å²) in [6, 6.07) is 6.10. The Morgan fingerprint density at radius 1 is 1.05 bits per heavy atom. The minimum Gasteiger partial charge on any atom is -0.490 e. The van der Waals surface area contributed by atoms with E-state index in [2.05, 4.69) is 32.9 Å². The van der Waals surface area contributed by atoms with Crippen molar-refractivity contribution < 1.29 is 14.6 Å². The largest absolute Gasteiger partial charge is 0.490 e. The van der Waals surface area contributed by atoms with Gasteiger partial charge in [-0.15, -0.1) is 0 Å². The molecule has 3 N–H and O–H groups in total. The molecule has 0 fully saturated rings. The molecule has 0 saturated carbocycles. The normalized spacial score (nSPS) is 13.7. The second kappa shape index (κ2) is 10.5. The van der Waals surface area contributed by atoms with E-state index in [1.54, 1.807) is 0 Å². The van der Waals surface area contributed by atoms with Gasteiger partial charge in [-0.3, -0.25) is 0 Å². The molecule has 0 heterocycles. The van der Waals surface area contributed by atoms with Gasteiger partial charge in [0.15, 0.2) is 11.5 Å². The molecule has 126 valence electrons. The van der Waals surface area contributed by atoms with Crippen LogP contribution < -0.4 is 15.2 Å². The highest BCUT2D eigenvalue weighted by atomic mass is 16.5. The van der Waals surface area contributed by atoms with Crippen molar-refractivity contribution in [2.75, 3.05) is 19.8 Å². The minimum atomic E-state index is -0.457. The van der Waals surface area contributed by atoms with Gasteiger partial charge in [-0.25, -0.2) is 0 Å². The first-order valence-corrected chi connectivity index (χ1v) is 8.43. The van der Waals surface area contributed by atoms with Crippen LogP contribution in [0.25, 0.3) is 0 Å². The molecule has 0 saturated heterocycles. The molecule has 0 aliphatic rings. The molecule has 2 atom stereocenters. The van der Waals surface area contributed by atoms with Crippen LogP contribution in [0.4, 0.5) is 0 Å². The van der Waals surface area contributed by atoms with Gasteiger partial charge in [0.05, 0.1) is 19.3 Å². The van der Waals surface area contributed by atoms with Crippen LogP contribution in [0.1, 0.15) is 57.9 Å². The molecule has 0 bridgehead atoms. The van der Waals surface area contributed by atoms with Crippen molar-refractivity contribution in [2.24, 2.45) is 5.73 Å². The Morgan fingerprint density at radius 2 is 1.68 bits per heavy atom. The van der Waals surface area contributed by atoms with E-state index in [-0.39, 0.29) is 5.92 Å². The zero-order chi connectivity index (χ0) is 16.4. The Bertz CT molecular complexity index is 423. The Kier molecular flexibility index (Phi) is 8.94. The number of aliphatic hydroxyl groups excluding tert-OH is 1. The Labute approximate surface area is 134 Å². The van der Waals surface area contributed by atoms with Crippen LogP contribution in [-0.2, 0) is 0 Å². The zero-order valence-corrected chi connectivity index (χ0v) is 14.2. The van der Waals surface area contributed by atoms with Crippen molar-refractivity contribution in [3.63, 3.8) is 0 Å². The van der Waals surface area contributed by atoms with Crippen molar-refractivity contribution in [1.29, 1.82) is 0 Å². The number of hydrogen-bond donors (Lipinski definition) is 2. The highest BCUT2D eigenvalue weighted by Gasteiger charge is 2.16. The van der Waals surface area contributed by atoms with Crippen molar-refractivity contribution >= 4 is 0 Å². The molecule has 22 heavy (non-hydrogen) atoms. The van der Waals surface area contributed by atoms with Gasteiger partial charge >= 0.3 is 0 Å². The van der Waals surface area contributed by atoms with E-state index in [1.165, 1.54) is 5.56 Å². The number of aliphatic hydroxyl groups is 1. The smallest absolute Gasteiger partial charge is 0.161 e. The Hall–Kier alpha value is -1.26. The third-order valence-corrected chi connectivity index (χ3v) is 3.68. The lowest BCUT2D eigenvalue weighted by Crippen LogP contribution is -2.22. The SMILES string of the molecule is CCCOc1ccc(C(CC)CC(O)CN)cc1OCCC. The Balaban J connectivity index is 2.94. The minimum absolute atomic E-state index is 0.280. The van der Waals surface area contributed by atoms with E-state index in [1.807, 2.05) is 6.07 Å². The lowest BCUT2D eigenvalue weighted by atomic mass is 9.90. The molecule has 4 heteroatoms. The molecule has 0 radical (unpaired) electrons. The van der Waals surface area contributed by atoms with Crippen molar-refractivity contribution in [3.05, 3.63) is 23.8 Å². The van der Waals surface area contributed by atoms with Gasteiger partial charge in [0.25, 0.3) is 0 Å². The molecule has 1 aromatic rings. The van der Waals surface area contributed by atoms with Crippen molar-refractivity contribution in [1.82, 2.24) is 0 Å². The quantitative estimate of drug-likeness (QED) is 0.657. The summed E-state index contributed by atoms with van der Waals surface area (Å²) in [6.45, 7) is 7.96. The van der Waals surface area contributed by atoms with Gasteiger partial charge in [0.2, 0.25) is 0 Å². The molecular weight excluding hydrogens is 278 g/mol. The summed E-state index contributed by atoms with van der Waals surface area (Å²) in [5, 5.41) is 9.82. The van der Waals surface area contributed by atoms with Crippen LogP contribution in [0.3, 0.4) is 0 Å². The number of ether oxygens (including phenoxy) is 2. The first-order chi connectivity index (χ1) is 10.7. The molecule has 2 unspecified atom stereocenters. The zero-order valence-electron chi connectivity index (χ0n) is 14.2. The lowest BCUT2D eigenvalue weighted by molar-refractivity contribution is 0.162. The van der Waals surface area contributed by atoms with Gasteiger partial charge in [0.1, 0.15) is 0 Å². The van der Waals surface area contributed by atoms with Gasteiger partial charge in [0, 0.05) is 6.54 Å². The summed E-state index contributed by atoms with van der Waals surface area (Å²) in [6.07, 6.45) is 3.10. The van der Waals surface area contributed by atoms with E-state index in [4.69, 9.17) is 15.2 Å². The van der Waals surface area contributed by atoms with E-state index in [0.29, 0.717) is 26.2 Å². The average Bonchev–Trinajstić information content (AvgIpc) is 2.55. The molecule has 0 aliphatic carbocycles. The molecule has 1 aromatic carbocycles. The maximum atomic E-state index is 9.82. The van der Waals surface area contributed by atoms with E-state index < -0.39 is 6.10 Å². The van der Waals surface area contributed by atoms with Gasteiger partial charge in [-0.2, -0.15) is 0 Å². The summed E-state index contributed by atoms with van der Waals surface area (Å²) >= 11 is 0. The van der Waals surface area contributed by atoms with Crippen LogP contribution in [0.2, 0.25) is 0 Å². The number of benzene rings is 1. The number of hydrogen-bond acceptors (Lipinski definition) is 4. The third kappa shape index (κ3) is 5.85. The van der Waals surface area contributed by atoms with Crippen LogP contribution in [-0.4, -0.2) is 31.0 Å². The lowest BCUT2D eigenvalue weighted by Gasteiger charge is -2.20. The van der Waals surface area contributed by atoms with E-state index in [0.717, 1.165) is 30.8 Å². The predicted molar refractivity (Wildman–Crippen MR) is 90.7 cm³/mol. The molecule has 0 spiro atoms. The highest BCUT2D eigenvalue weighted by Crippen LogP contribution is 2.34. The fourth-order valence-corrected chi connectivity index (χ4v) is 2.40. The van der Waals surface area contributed by atoms with Crippen molar-refractivity contribution in [2.45, 2.75) is 58.5 Å². The third-order valence-electron chi connectivity index (χ3n) is 3.68. The maximum Gasteiger partial charge on any atom is 0.161 e. The molecule has 1 rings (SSSR count). The van der Waals surface area contributed by atoms with Gasteiger partial charge in [-0.1, -0.05) is 26.8 Å². The van der Waals surface area contributed by atoms with Crippen LogP contribution in [0.5, 0.6) is 11.5 Å². The van der Waals surface area contributed by atoms with Crippen LogP contribution >= 0.6 is 0 Å². The first kappa shape index (κ1) is 18.8. The molecule has 0 amide bonds. The standard InChI is InChI=1S/C18H31NO3/c1-4-9-21-17-8-7-15(12-18(17)22-10-5-2)14(6-3)11-16(20)13-19/h7-8,12,14,16,20H,4-6,9-11,13,19H2,1-3H3. The van der Waals surface area contributed by atoms with Gasteiger partial charge < -0.3 is 20.3 Å². The summed E-state index contributed by atoms with van der Waals surface area (Å²) < 4.78 is 11.6. The van der Waals surface area contributed by atoms with E-state index in [9.17, 15) is 5.11 Å². The monoisotopic (exact) mass is 309 g/mol. The molecule has 0 aromatic heterocycles. The fraction of sp³-hybridized carbons (Fsp3) is 0.667. The van der Waals surface area contributed by atoms with Crippen molar-refractivity contribution in [3.8, 4) is 11.5 Å². The maximum absolute atomic E-state index is 9.82. The second-order valence-corrected chi connectivity index (χ2v) is 5.63. The van der Waals surface area contributed by atoms with Gasteiger partial charge in [-0.05, 0) is 49.3 Å². The summed E-state index contributed by atoms with van der Waals surface area (Å²) in [4.78, 5) is 0. The topological polar surface area (TPSA) is 64.7 Å². The summed E-state index contributed by atoms with van der Waals surface area (Å²) in [7, 11) is 0. The summed E-state index contributed by atoms with van der Waals surface area (Å²) in [5.41, 5.74) is 6.70. The van der Waals surface area contributed by atoms with E-state index >= 15 is 0 Å². The average molecular weight is 309 g/mol.